The minimum Gasteiger partial charge on any atom is -0.375 e. The lowest BCUT2D eigenvalue weighted by Crippen LogP contribution is -2.42. The molecular weight excluding hydrogens is 380 g/mol. The van der Waals surface area contributed by atoms with Crippen molar-refractivity contribution in [3.63, 3.8) is 0 Å². The van der Waals surface area contributed by atoms with Crippen molar-refractivity contribution >= 4 is 17.6 Å². The van der Waals surface area contributed by atoms with Gasteiger partial charge in [-0.3, -0.25) is 9.59 Å². The van der Waals surface area contributed by atoms with Gasteiger partial charge in [0.05, 0.1) is 17.9 Å². The molecule has 2 aromatic rings. The van der Waals surface area contributed by atoms with E-state index < -0.39 is 0 Å². The molecule has 0 spiro atoms. The molecule has 0 saturated carbocycles. The van der Waals surface area contributed by atoms with Crippen molar-refractivity contribution in [3.05, 3.63) is 41.6 Å². The summed E-state index contributed by atoms with van der Waals surface area (Å²) in [4.78, 5) is 26.7. The molecule has 2 rings (SSSR count). The van der Waals surface area contributed by atoms with E-state index in [9.17, 15) is 9.59 Å². The quantitative estimate of drug-likeness (QED) is 0.717. The number of hydrogen-bond acceptors (Lipinski definition) is 4. The first-order valence-electron chi connectivity index (χ1n) is 10.3. The fourth-order valence-corrected chi connectivity index (χ4v) is 3.06. The molecule has 0 aliphatic carbocycles. The molecule has 7 heteroatoms. The minimum atomic E-state index is -0.269. The number of ether oxygens (including phenoxy) is 1. The van der Waals surface area contributed by atoms with Crippen LogP contribution in [0.15, 0.2) is 30.3 Å². The van der Waals surface area contributed by atoms with Gasteiger partial charge in [-0.15, -0.1) is 0 Å². The molecule has 0 unspecified atom stereocenters. The molecule has 0 atom stereocenters. The lowest BCUT2D eigenvalue weighted by atomic mass is 9.92. The smallest absolute Gasteiger partial charge is 0.249 e. The van der Waals surface area contributed by atoms with Gasteiger partial charge in [0.25, 0.3) is 0 Å². The summed E-state index contributed by atoms with van der Waals surface area (Å²) in [5.41, 5.74) is 2.67. The molecule has 0 radical (unpaired) electrons. The first-order chi connectivity index (χ1) is 14.0. The normalized spacial score (nSPS) is 11.6. The van der Waals surface area contributed by atoms with Crippen LogP contribution in [0, 0.1) is 12.8 Å². The van der Waals surface area contributed by atoms with Gasteiger partial charge in [0.15, 0.2) is 0 Å². The Morgan fingerprint density at radius 3 is 2.50 bits per heavy atom. The number of nitrogens with one attached hydrogen (secondary N) is 1. The first-order valence-corrected chi connectivity index (χ1v) is 10.3. The molecule has 0 fully saturated rings. The number of nitrogens with zero attached hydrogens (tertiary/aromatic N) is 3. The van der Waals surface area contributed by atoms with Crippen LogP contribution in [0.2, 0.25) is 0 Å². The molecule has 7 nitrogen and oxygen atoms in total. The third-order valence-electron chi connectivity index (χ3n) is 4.53. The summed E-state index contributed by atoms with van der Waals surface area (Å²) in [6.07, 6.45) is 0. The van der Waals surface area contributed by atoms with Gasteiger partial charge >= 0.3 is 0 Å². The predicted octanol–water partition coefficient (Wildman–Crippen LogP) is 3.55. The Bertz CT molecular complexity index is 881. The van der Waals surface area contributed by atoms with Crippen molar-refractivity contribution in [1.29, 1.82) is 0 Å². The highest BCUT2D eigenvalue weighted by Gasteiger charge is 2.23. The number of amides is 2. The Morgan fingerprint density at radius 2 is 1.93 bits per heavy atom. The molecule has 0 saturated heterocycles. The van der Waals surface area contributed by atoms with E-state index in [1.54, 1.807) is 4.68 Å². The molecule has 30 heavy (non-hydrogen) atoms. The molecule has 0 bridgehead atoms. The van der Waals surface area contributed by atoms with E-state index in [2.05, 4.69) is 26.1 Å². The topological polar surface area (TPSA) is 76.5 Å². The Morgan fingerprint density at radius 1 is 1.23 bits per heavy atom. The van der Waals surface area contributed by atoms with Gasteiger partial charge in [-0.05, 0) is 30.5 Å². The average Bonchev–Trinajstić information content (AvgIpc) is 3.05. The maximum atomic E-state index is 12.8. The zero-order valence-electron chi connectivity index (χ0n) is 19.2. The summed E-state index contributed by atoms with van der Waals surface area (Å²) in [6.45, 7) is 12.7. The standard InChI is InChI=1S/C23H34N4O3/c1-16(2)13-26(22(29)15-30-7)14-21(28)24-20-12-19(23(4,5)6)25-27(20)18-10-8-9-17(3)11-18/h8-12,16H,13-15H2,1-7H3,(H,24,28). The summed E-state index contributed by atoms with van der Waals surface area (Å²) in [6, 6.07) is 9.84. The molecule has 164 valence electrons. The molecule has 1 N–H and O–H groups in total. The van der Waals surface area contributed by atoms with E-state index in [0.717, 1.165) is 16.9 Å². The van der Waals surface area contributed by atoms with Crippen molar-refractivity contribution in [2.75, 3.05) is 32.1 Å². The van der Waals surface area contributed by atoms with Gasteiger partial charge < -0.3 is 15.0 Å². The van der Waals surface area contributed by atoms with Crippen molar-refractivity contribution in [2.24, 2.45) is 5.92 Å². The average molecular weight is 415 g/mol. The molecule has 1 aromatic heterocycles. The Labute approximate surface area is 179 Å². The van der Waals surface area contributed by atoms with Crippen LogP contribution in [-0.4, -0.2) is 53.3 Å². The highest BCUT2D eigenvalue weighted by atomic mass is 16.5. The van der Waals surface area contributed by atoms with Gasteiger partial charge in [-0.25, -0.2) is 4.68 Å². The number of methoxy groups -OCH3 is 1. The number of hydrogen-bond donors (Lipinski definition) is 1. The molecule has 0 aliphatic rings. The second kappa shape index (κ2) is 9.89. The number of rotatable bonds is 8. The van der Waals surface area contributed by atoms with Crippen LogP contribution in [0.3, 0.4) is 0 Å². The highest BCUT2D eigenvalue weighted by molar-refractivity contribution is 5.94. The van der Waals surface area contributed by atoms with Crippen molar-refractivity contribution in [1.82, 2.24) is 14.7 Å². The molecule has 0 aliphatic heterocycles. The van der Waals surface area contributed by atoms with Crippen LogP contribution in [-0.2, 0) is 19.7 Å². The lowest BCUT2D eigenvalue weighted by Gasteiger charge is -2.23. The minimum absolute atomic E-state index is 0.0375. The number of anilines is 1. The zero-order chi connectivity index (χ0) is 22.5. The molecule has 1 aromatic carbocycles. The van der Waals surface area contributed by atoms with Gasteiger partial charge in [-0.2, -0.15) is 5.10 Å². The van der Waals surface area contributed by atoms with Crippen molar-refractivity contribution in [3.8, 4) is 5.69 Å². The number of aromatic nitrogens is 2. The summed E-state index contributed by atoms with van der Waals surface area (Å²) in [7, 11) is 1.47. The van der Waals surface area contributed by atoms with Crippen LogP contribution in [0.4, 0.5) is 5.82 Å². The highest BCUT2D eigenvalue weighted by Crippen LogP contribution is 2.26. The summed E-state index contributed by atoms with van der Waals surface area (Å²) < 4.78 is 6.70. The molecule has 2 amide bonds. The van der Waals surface area contributed by atoms with E-state index in [0.29, 0.717) is 12.4 Å². The third kappa shape index (κ3) is 6.42. The Hall–Kier alpha value is -2.67. The number of carbonyl (C=O) groups is 2. The van der Waals surface area contributed by atoms with Gasteiger partial charge in [0, 0.05) is 25.1 Å². The van der Waals surface area contributed by atoms with Crippen LogP contribution < -0.4 is 5.32 Å². The SMILES string of the molecule is COCC(=O)N(CC(=O)Nc1cc(C(C)(C)C)nn1-c1cccc(C)c1)CC(C)C. The molecular formula is C23H34N4O3. The van der Waals surface area contributed by atoms with Crippen molar-refractivity contribution in [2.45, 2.75) is 47.0 Å². The summed E-state index contributed by atoms with van der Waals surface area (Å²) in [5, 5.41) is 7.69. The van der Waals surface area contributed by atoms with Crippen molar-refractivity contribution < 1.29 is 14.3 Å². The van der Waals surface area contributed by atoms with Crippen LogP contribution in [0.25, 0.3) is 5.69 Å². The lowest BCUT2D eigenvalue weighted by molar-refractivity contribution is -0.138. The van der Waals surface area contributed by atoms with Crippen LogP contribution in [0.5, 0.6) is 0 Å². The van der Waals surface area contributed by atoms with E-state index in [4.69, 9.17) is 9.84 Å². The second-order valence-corrected chi connectivity index (χ2v) is 9.06. The third-order valence-corrected chi connectivity index (χ3v) is 4.53. The predicted molar refractivity (Wildman–Crippen MR) is 119 cm³/mol. The fourth-order valence-electron chi connectivity index (χ4n) is 3.06. The molecule has 1 heterocycles. The maximum absolute atomic E-state index is 12.8. The first kappa shape index (κ1) is 23.6. The van der Waals surface area contributed by atoms with E-state index >= 15 is 0 Å². The van der Waals surface area contributed by atoms with E-state index in [1.807, 2.05) is 51.1 Å². The Balaban J connectivity index is 2.30. The maximum Gasteiger partial charge on any atom is 0.249 e. The monoisotopic (exact) mass is 414 g/mol. The number of carbonyl (C=O) groups excluding carboxylic acids is 2. The Kier molecular flexibility index (Phi) is 7.78. The second-order valence-electron chi connectivity index (χ2n) is 9.06. The van der Waals surface area contributed by atoms with Crippen LogP contribution >= 0.6 is 0 Å². The van der Waals surface area contributed by atoms with Gasteiger partial charge in [0.1, 0.15) is 12.4 Å². The van der Waals surface area contributed by atoms with E-state index in [-0.39, 0.29) is 36.3 Å². The van der Waals surface area contributed by atoms with Gasteiger partial charge in [0.2, 0.25) is 11.8 Å². The van der Waals surface area contributed by atoms with E-state index in [1.165, 1.54) is 12.0 Å². The van der Waals surface area contributed by atoms with Gasteiger partial charge in [-0.1, -0.05) is 46.8 Å². The van der Waals surface area contributed by atoms with Crippen LogP contribution in [0.1, 0.15) is 45.9 Å². The zero-order valence-corrected chi connectivity index (χ0v) is 19.2. The summed E-state index contributed by atoms with van der Waals surface area (Å²) in [5.74, 6) is 0.349. The number of benzene rings is 1. The fraction of sp³-hybridized carbons (Fsp3) is 0.522. The largest absolute Gasteiger partial charge is 0.375 e. The summed E-state index contributed by atoms with van der Waals surface area (Å²) >= 11 is 0. The number of aryl methyl sites for hydroxylation is 1.